The van der Waals surface area contributed by atoms with E-state index in [4.69, 9.17) is 14.5 Å². The zero-order valence-corrected chi connectivity index (χ0v) is 18.1. The number of nitrogens with zero attached hydrogens (tertiary/aromatic N) is 3. The van der Waals surface area contributed by atoms with E-state index in [-0.39, 0.29) is 0 Å². The highest BCUT2D eigenvalue weighted by atomic mass is 16.5. The molecule has 2 aliphatic heterocycles. The fourth-order valence-corrected chi connectivity index (χ4v) is 4.56. The lowest BCUT2D eigenvalue weighted by atomic mass is 10.1. The summed E-state index contributed by atoms with van der Waals surface area (Å²) < 4.78 is 12.3. The van der Waals surface area contributed by atoms with Crippen molar-refractivity contribution < 1.29 is 9.47 Å². The molecule has 0 spiro atoms. The summed E-state index contributed by atoms with van der Waals surface area (Å²) >= 11 is 0. The maximum Gasteiger partial charge on any atom is 0.151 e. The Morgan fingerprint density at radius 3 is 1.06 bits per heavy atom. The third-order valence-corrected chi connectivity index (χ3v) is 6.04. The summed E-state index contributed by atoms with van der Waals surface area (Å²) in [4.78, 5) is 9.45. The van der Waals surface area contributed by atoms with E-state index in [1.165, 1.54) is 0 Å². The van der Waals surface area contributed by atoms with E-state index >= 15 is 0 Å². The van der Waals surface area contributed by atoms with E-state index in [0.29, 0.717) is 0 Å². The second kappa shape index (κ2) is 7.39. The van der Waals surface area contributed by atoms with Crippen molar-refractivity contribution in [3.05, 3.63) is 115 Å². The third kappa shape index (κ3) is 2.84. The number of benzene rings is 4. The van der Waals surface area contributed by atoms with Gasteiger partial charge in [-0.3, -0.25) is 9.80 Å². The molecule has 0 bridgehead atoms. The molecule has 162 valence electrons. The summed E-state index contributed by atoms with van der Waals surface area (Å²) in [5, 5.41) is 0. The Morgan fingerprint density at radius 2 is 0.706 bits per heavy atom. The molecule has 1 aromatic heterocycles. The summed E-state index contributed by atoms with van der Waals surface area (Å²) in [7, 11) is 0. The molecule has 4 aromatic carbocycles. The average molecular weight is 441 g/mol. The minimum absolute atomic E-state index is 0.801. The molecule has 0 aliphatic carbocycles. The predicted octanol–water partition coefficient (Wildman–Crippen LogP) is 8.23. The van der Waals surface area contributed by atoms with Gasteiger partial charge in [0.25, 0.3) is 0 Å². The first-order valence-corrected chi connectivity index (χ1v) is 11.2. The van der Waals surface area contributed by atoms with Crippen molar-refractivity contribution in [2.45, 2.75) is 0 Å². The van der Waals surface area contributed by atoms with Gasteiger partial charge in [0, 0.05) is 0 Å². The minimum Gasteiger partial charge on any atom is -0.453 e. The molecule has 0 unspecified atom stereocenters. The zero-order valence-electron chi connectivity index (χ0n) is 18.1. The van der Waals surface area contributed by atoms with E-state index in [1.807, 2.05) is 91.0 Å². The van der Waals surface area contributed by atoms with Crippen LogP contribution in [0, 0.1) is 0 Å². The van der Waals surface area contributed by atoms with Crippen LogP contribution in [0.1, 0.15) is 0 Å². The van der Waals surface area contributed by atoms with Gasteiger partial charge in [0.1, 0.15) is 11.6 Å². The number of anilines is 6. The Labute approximate surface area is 197 Å². The molecule has 5 nitrogen and oxygen atoms in total. The molecule has 7 rings (SSSR count). The molecule has 0 atom stereocenters. The average Bonchev–Trinajstić information content (AvgIpc) is 2.90. The highest BCUT2D eigenvalue weighted by Gasteiger charge is 2.29. The lowest BCUT2D eigenvalue weighted by molar-refractivity contribution is 0.476. The molecule has 0 saturated carbocycles. The summed E-state index contributed by atoms with van der Waals surface area (Å²) in [6.07, 6.45) is 0. The Balaban J connectivity index is 1.42. The molecular formula is C29H19N3O2. The van der Waals surface area contributed by atoms with Crippen molar-refractivity contribution in [2.24, 2.45) is 0 Å². The molecule has 2 aliphatic rings. The van der Waals surface area contributed by atoms with E-state index in [1.54, 1.807) is 0 Å². The number of aromatic nitrogens is 1. The van der Waals surface area contributed by atoms with E-state index in [9.17, 15) is 0 Å². The normalized spacial score (nSPS) is 13.1. The van der Waals surface area contributed by atoms with Crippen LogP contribution < -0.4 is 19.3 Å². The largest absolute Gasteiger partial charge is 0.453 e. The quantitative estimate of drug-likeness (QED) is 0.270. The van der Waals surface area contributed by atoms with Crippen molar-refractivity contribution in [3.8, 4) is 23.0 Å². The van der Waals surface area contributed by atoms with Gasteiger partial charge < -0.3 is 9.47 Å². The molecule has 0 fully saturated rings. The van der Waals surface area contributed by atoms with Crippen LogP contribution in [0.15, 0.2) is 115 Å². The summed E-state index contributed by atoms with van der Waals surface area (Å²) in [5.74, 6) is 4.82. The number of hydrogen-bond donors (Lipinski definition) is 0. The second-order valence-corrected chi connectivity index (χ2v) is 8.10. The first-order valence-electron chi connectivity index (χ1n) is 11.2. The van der Waals surface area contributed by atoms with Crippen LogP contribution in [0.4, 0.5) is 34.4 Å². The second-order valence-electron chi connectivity index (χ2n) is 8.10. The van der Waals surface area contributed by atoms with Crippen LogP contribution in [0.25, 0.3) is 0 Å². The van der Waals surface area contributed by atoms with Crippen molar-refractivity contribution >= 4 is 34.4 Å². The number of pyridine rings is 1. The number of hydrogen-bond acceptors (Lipinski definition) is 5. The summed E-state index contributed by atoms with van der Waals surface area (Å²) in [5.41, 5.74) is 3.81. The molecule has 3 heterocycles. The number of rotatable bonds is 2. The van der Waals surface area contributed by atoms with Gasteiger partial charge in [0.2, 0.25) is 0 Å². The first kappa shape index (κ1) is 18.8. The molecular weight excluding hydrogens is 422 g/mol. The van der Waals surface area contributed by atoms with Gasteiger partial charge in [-0.1, -0.05) is 54.6 Å². The maximum atomic E-state index is 6.17. The highest BCUT2D eigenvalue weighted by molar-refractivity contribution is 5.88. The van der Waals surface area contributed by atoms with Gasteiger partial charge in [-0.2, -0.15) is 0 Å². The van der Waals surface area contributed by atoms with E-state index in [2.05, 4.69) is 34.1 Å². The minimum atomic E-state index is 0.801. The molecule has 5 aromatic rings. The van der Waals surface area contributed by atoms with Crippen LogP contribution in [-0.2, 0) is 0 Å². The Kier molecular flexibility index (Phi) is 4.08. The number of para-hydroxylation sites is 8. The molecule has 34 heavy (non-hydrogen) atoms. The van der Waals surface area contributed by atoms with Crippen molar-refractivity contribution in [1.82, 2.24) is 4.98 Å². The smallest absolute Gasteiger partial charge is 0.151 e. The zero-order chi connectivity index (χ0) is 22.5. The van der Waals surface area contributed by atoms with Gasteiger partial charge in [0.15, 0.2) is 23.0 Å². The van der Waals surface area contributed by atoms with Crippen molar-refractivity contribution in [3.63, 3.8) is 0 Å². The highest BCUT2D eigenvalue weighted by Crippen LogP contribution is 2.52. The fourth-order valence-electron chi connectivity index (χ4n) is 4.56. The van der Waals surface area contributed by atoms with E-state index < -0.39 is 0 Å². The van der Waals surface area contributed by atoms with Crippen LogP contribution >= 0.6 is 0 Å². The van der Waals surface area contributed by atoms with Crippen LogP contribution in [-0.4, -0.2) is 4.98 Å². The first-order chi connectivity index (χ1) is 16.9. The molecule has 0 N–H and O–H groups in total. The lowest BCUT2D eigenvalue weighted by Gasteiger charge is -2.34. The Hall–Kier alpha value is -4.77. The van der Waals surface area contributed by atoms with Gasteiger partial charge in [0.05, 0.1) is 22.7 Å². The summed E-state index contributed by atoms with van der Waals surface area (Å²) in [6, 6.07) is 38.2. The molecule has 0 radical (unpaired) electrons. The fraction of sp³-hybridized carbons (Fsp3) is 0. The van der Waals surface area contributed by atoms with Crippen molar-refractivity contribution in [1.29, 1.82) is 0 Å². The summed E-state index contributed by atoms with van der Waals surface area (Å²) in [6.45, 7) is 0. The van der Waals surface area contributed by atoms with Gasteiger partial charge in [-0.05, 0) is 60.7 Å². The standard InChI is InChI=1S/C29H19N3O2/c1-5-14-24-20(10-1)31(21-11-2-6-15-25(21)33-24)28-18-9-19-29(30-28)32-22-12-3-7-16-26(22)34-27-17-8-4-13-23(27)32/h1-19H. The number of fused-ring (bicyclic) bond motifs is 4. The van der Waals surface area contributed by atoms with Crippen LogP contribution in [0.2, 0.25) is 0 Å². The molecule has 0 saturated heterocycles. The predicted molar refractivity (Wildman–Crippen MR) is 134 cm³/mol. The SMILES string of the molecule is c1cc(N2c3ccccc3Oc3ccccc32)nc(N2c3ccccc3Oc3ccccc32)c1. The molecule has 5 heteroatoms. The number of ether oxygens (including phenoxy) is 2. The van der Waals surface area contributed by atoms with Gasteiger partial charge >= 0.3 is 0 Å². The lowest BCUT2D eigenvalue weighted by Crippen LogP contribution is -2.20. The monoisotopic (exact) mass is 441 g/mol. The Morgan fingerprint density at radius 1 is 0.382 bits per heavy atom. The van der Waals surface area contributed by atoms with Crippen LogP contribution in [0.5, 0.6) is 23.0 Å². The maximum absolute atomic E-state index is 6.17. The van der Waals surface area contributed by atoms with Gasteiger partial charge in [-0.25, -0.2) is 4.98 Å². The molecule has 0 amide bonds. The Bertz CT molecular complexity index is 1340. The van der Waals surface area contributed by atoms with E-state index in [0.717, 1.165) is 57.4 Å². The van der Waals surface area contributed by atoms with Crippen molar-refractivity contribution in [2.75, 3.05) is 9.80 Å². The van der Waals surface area contributed by atoms with Gasteiger partial charge in [-0.15, -0.1) is 0 Å². The van der Waals surface area contributed by atoms with Crippen LogP contribution in [0.3, 0.4) is 0 Å². The topological polar surface area (TPSA) is 37.8 Å². The third-order valence-electron chi connectivity index (χ3n) is 6.04.